The van der Waals surface area contributed by atoms with Crippen molar-refractivity contribution < 1.29 is 4.39 Å². The average Bonchev–Trinajstić information content (AvgIpc) is 2.61. The first-order chi connectivity index (χ1) is 12.2. The first-order valence-electron chi connectivity index (χ1n) is 8.50. The van der Waals surface area contributed by atoms with Gasteiger partial charge in [-0.1, -0.05) is 6.07 Å². The van der Waals surface area contributed by atoms with Gasteiger partial charge in [0, 0.05) is 23.7 Å². The van der Waals surface area contributed by atoms with Gasteiger partial charge < -0.3 is 10.6 Å². The zero-order valence-corrected chi connectivity index (χ0v) is 18.3. The van der Waals surface area contributed by atoms with Gasteiger partial charge in [0.2, 0.25) is 0 Å². The summed E-state index contributed by atoms with van der Waals surface area (Å²) >= 11 is 1.73. The number of rotatable bonds is 8. The number of nitrogens with one attached hydrogen (secondary N) is 2. The van der Waals surface area contributed by atoms with Crippen molar-refractivity contribution in [3.8, 4) is 0 Å². The lowest BCUT2D eigenvalue weighted by Gasteiger charge is -2.11. The number of guanidine groups is 1. The third-order valence-corrected chi connectivity index (χ3v) is 4.48. The van der Waals surface area contributed by atoms with Crippen LogP contribution >= 0.6 is 35.7 Å². The maximum Gasteiger partial charge on any atom is 0.191 e. The summed E-state index contributed by atoms with van der Waals surface area (Å²) in [5.41, 5.74) is 1.97. The fourth-order valence-corrected chi connectivity index (χ4v) is 3.04. The van der Waals surface area contributed by atoms with E-state index in [1.165, 1.54) is 12.1 Å². The molecular formula is C19H26FIN4S. The Morgan fingerprint density at radius 1 is 1.15 bits per heavy atom. The Morgan fingerprint density at radius 3 is 2.62 bits per heavy atom. The maximum absolute atomic E-state index is 12.9. The van der Waals surface area contributed by atoms with Gasteiger partial charge in [0.25, 0.3) is 0 Å². The molecule has 142 valence electrons. The monoisotopic (exact) mass is 488 g/mol. The summed E-state index contributed by atoms with van der Waals surface area (Å²) in [7, 11) is 0. The van der Waals surface area contributed by atoms with E-state index in [4.69, 9.17) is 0 Å². The fourth-order valence-electron chi connectivity index (χ4n) is 2.19. The van der Waals surface area contributed by atoms with Crippen molar-refractivity contribution in [1.82, 2.24) is 15.6 Å². The Balaban J connectivity index is 0.00000338. The van der Waals surface area contributed by atoms with Crippen molar-refractivity contribution in [3.63, 3.8) is 0 Å². The van der Waals surface area contributed by atoms with Crippen molar-refractivity contribution in [3.05, 3.63) is 59.7 Å². The molecule has 0 saturated heterocycles. The highest BCUT2D eigenvalue weighted by atomic mass is 127. The van der Waals surface area contributed by atoms with Crippen molar-refractivity contribution in [2.24, 2.45) is 4.99 Å². The second-order valence-electron chi connectivity index (χ2n) is 5.55. The van der Waals surface area contributed by atoms with Crippen LogP contribution in [-0.4, -0.2) is 29.8 Å². The minimum Gasteiger partial charge on any atom is -0.357 e. The van der Waals surface area contributed by atoms with Crippen molar-refractivity contribution >= 4 is 41.7 Å². The van der Waals surface area contributed by atoms with Gasteiger partial charge in [0.05, 0.1) is 12.2 Å². The number of pyridine rings is 1. The van der Waals surface area contributed by atoms with E-state index in [0.717, 1.165) is 47.5 Å². The minimum absolute atomic E-state index is 0. The maximum atomic E-state index is 12.9. The molecule has 0 radical (unpaired) electrons. The molecule has 26 heavy (non-hydrogen) atoms. The Labute approximate surface area is 176 Å². The van der Waals surface area contributed by atoms with Crippen LogP contribution in [0.5, 0.6) is 0 Å². The molecule has 2 N–H and O–H groups in total. The number of benzene rings is 1. The van der Waals surface area contributed by atoms with E-state index in [1.54, 1.807) is 11.8 Å². The molecule has 0 aliphatic heterocycles. The van der Waals surface area contributed by atoms with Gasteiger partial charge in [-0.15, -0.1) is 35.7 Å². The van der Waals surface area contributed by atoms with Crippen LogP contribution < -0.4 is 10.6 Å². The van der Waals surface area contributed by atoms with Gasteiger partial charge in [-0.25, -0.2) is 9.38 Å². The molecule has 0 saturated carbocycles. The van der Waals surface area contributed by atoms with Gasteiger partial charge in [-0.3, -0.25) is 4.98 Å². The number of hydrogen-bond donors (Lipinski definition) is 2. The average molecular weight is 488 g/mol. The third kappa shape index (κ3) is 8.84. The number of thioether (sulfide) groups is 1. The van der Waals surface area contributed by atoms with E-state index in [2.05, 4.69) is 20.6 Å². The molecule has 4 nitrogen and oxygen atoms in total. The minimum atomic E-state index is -0.194. The zero-order valence-electron chi connectivity index (χ0n) is 15.2. The molecule has 7 heteroatoms. The van der Waals surface area contributed by atoms with Gasteiger partial charge in [-0.05, 0) is 62.4 Å². The predicted molar refractivity (Wildman–Crippen MR) is 119 cm³/mol. The largest absolute Gasteiger partial charge is 0.357 e. The van der Waals surface area contributed by atoms with Crippen LogP contribution in [0.3, 0.4) is 0 Å². The predicted octanol–water partition coefficient (Wildman–Crippen LogP) is 4.38. The van der Waals surface area contributed by atoms with E-state index < -0.39 is 0 Å². The van der Waals surface area contributed by atoms with Crippen LogP contribution in [0.4, 0.5) is 4.39 Å². The second kappa shape index (κ2) is 12.9. The lowest BCUT2D eigenvalue weighted by molar-refractivity contribution is 0.626. The molecule has 0 unspecified atom stereocenters. The number of hydrogen-bond acceptors (Lipinski definition) is 3. The topological polar surface area (TPSA) is 49.3 Å². The molecule has 0 amide bonds. The molecule has 0 spiro atoms. The van der Waals surface area contributed by atoms with Gasteiger partial charge in [0.1, 0.15) is 5.82 Å². The highest BCUT2D eigenvalue weighted by molar-refractivity contribution is 14.0. The van der Waals surface area contributed by atoms with Crippen molar-refractivity contribution in [2.75, 3.05) is 18.8 Å². The summed E-state index contributed by atoms with van der Waals surface area (Å²) in [6.45, 7) is 6.24. The van der Waals surface area contributed by atoms with Crippen LogP contribution in [-0.2, 0) is 6.54 Å². The van der Waals surface area contributed by atoms with E-state index in [1.807, 2.05) is 44.2 Å². The molecule has 1 aromatic heterocycles. The Kier molecular flexibility index (Phi) is 11.3. The van der Waals surface area contributed by atoms with Crippen molar-refractivity contribution in [1.29, 1.82) is 0 Å². The summed E-state index contributed by atoms with van der Waals surface area (Å²) in [4.78, 5) is 10.1. The number of nitrogens with zero attached hydrogens (tertiary/aromatic N) is 2. The first-order valence-corrected chi connectivity index (χ1v) is 9.49. The van der Waals surface area contributed by atoms with E-state index in [-0.39, 0.29) is 29.8 Å². The highest BCUT2D eigenvalue weighted by Gasteiger charge is 1.99. The number of aliphatic imine (C=N–C) groups is 1. The second-order valence-corrected chi connectivity index (χ2v) is 6.72. The molecule has 1 aromatic carbocycles. The van der Waals surface area contributed by atoms with Crippen LogP contribution in [0.1, 0.15) is 24.7 Å². The molecule has 1 heterocycles. The number of aryl methyl sites for hydroxylation is 1. The van der Waals surface area contributed by atoms with E-state index >= 15 is 0 Å². The molecule has 0 aliphatic rings. The highest BCUT2D eigenvalue weighted by Crippen LogP contribution is 2.18. The number of aromatic nitrogens is 1. The van der Waals surface area contributed by atoms with Gasteiger partial charge in [0.15, 0.2) is 5.96 Å². The molecular weight excluding hydrogens is 462 g/mol. The third-order valence-electron chi connectivity index (χ3n) is 3.39. The summed E-state index contributed by atoms with van der Waals surface area (Å²) in [6, 6.07) is 12.6. The van der Waals surface area contributed by atoms with Crippen LogP contribution in [0.25, 0.3) is 0 Å². The quantitative estimate of drug-likeness (QED) is 0.190. The van der Waals surface area contributed by atoms with Crippen molar-refractivity contribution in [2.45, 2.75) is 31.7 Å². The van der Waals surface area contributed by atoms with E-state index in [9.17, 15) is 4.39 Å². The first kappa shape index (κ1) is 22.7. The van der Waals surface area contributed by atoms with Gasteiger partial charge in [-0.2, -0.15) is 0 Å². The van der Waals surface area contributed by atoms with Gasteiger partial charge >= 0.3 is 0 Å². The normalized spacial score (nSPS) is 11.0. The Hall–Kier alpha value is -1.35. The summed E-state index contributed by atoms with van der Waals surface area (Å²) in [6.07, 6.45) is 0.995. The zero-order chi connectivity index (χ0) is 17.9. The lowest BCUT2D eigenvalue weighted by Crippen LogP contribution is -2.37. The molecule has 0 atom stereocenters. The molecule has 0 fully saturated rings. The Morgan fingerprint density at radius 2 is 1.92 bits per heavy atom. The lowest BCUT2D eigenvalue weighted by atomic mass is 10.3. The van der Waals surface area contributed by atoms with E-state index in [0.29, 0.717) is 6.54 Å². The fraction of sp³-hybridized carbons (Fsp3) is 0.368. The SMILES string of the molecule is CCNC(=NCc1cccc(C)n1)NCCCSc1ccc(F)cc1.I. The Bertz CT molecular complexity index is 679. The molecule has 0 bridgehead atoms. The smallest absolute Gasteiger partial charge is 0.191 e. The molecule has 2 rings (SSSR count). The van der Waals surface area contributed by atoms with Crippen LogP contribution in [0.2, 0.25) is 0 Å². The van der Waals surface area contributed by atoms with Crippen LogP contribution in [0, 0.1) is 12.7 Å². The summed E-state index contributed by atoms with van der Waals surface area (Å²) in [5.74, 6) is 1.58. The van der Waals surface area contributed by atoms with Crippen LogP contribution in [0.15, 0.2) is 52.4 Å². The number of halogens is 2. The summed E-state index contributed by atoms with van der Waals surface area (Å²) < 4.78 is 12.9. The standard InChI is InChI=1S/C19H25FN4S.HI/c1-3-21-19(23-14-17-7-4-6-15(2)24-17)22-12-5-13-25-18-10-8-16(20)9-11-18;/h4,6-11H,3,5,12-14H2,1-2H3,(H2,21,22,23);1H. The summed E-state index contributed by atoms with van der Waals surface area (Å²) in [5, 5.41) is 6.58. The molecule has 0 aliphatic carbocycles. The molecule has 2 aromatic rings.